The van der Waals surface area contributed by atoms with Crippen molar-refractivity contribution in [2.45, 2.75) is 45.7 Å². The van der Waals surface area contributed by atoms with E-state index in [1.807, 2.05) is 19.6 Å². The van der Waals surface area contributed by atoms with Crippen LogP contribution in [0.3, 0.4) is 0 Å². The van der Waals surface area contributed by atoms with Gasteiger partial charge in [-0.25, -0.2) is 4.98 Å². The average molecular weight is 207 g/mol. The van der Waals surface area contributed by atoms with Crippen molar-refractivity contribution < 1.29 is 0 Å². The standard InChI is InChI=1S/C12H21N3/c1-3-4-12(5-6-12)9-15-10-14-8-11(15)7-13-2/h8,10,13H,3-7,9H2,1-2H3. The van der Waals surface area contributed by atoms with Gasteiger partial charge in [0.05, 0.1) is 12.0 Å². The van der Waals surface area contributed by atoms with Crippen LogP contribution in [0.25, 0.3) is 0 Å². The first-order valence-electron chi connectivity index (χ1n) is 5.93. The molecule has 0 amide bonds. The molecule has 0 spiro atoms. The summed E-state index contributed by atoms with van der Waals surface area (Å²) < 4.78 is 2.32. The van der Waals surface area contributed by atoms with Crippen molar-refractivity contribution in [2.75, 3.05) is 7.05 Å². The van der Waals surface area contributed by atoms with E-state index in [1.165, 1.54) is 31.4 Å². The van der Waals surface area contributed by atoms with Crippen molar-refractivity contribution in [3.05, 3.63) is 18.2 Å². The third-order valence-corrected chi connectivity index (χ3v) is 3.40. The Bertz CT molecular complexity index is 312. The molecule has 0 atom stereocenters. The fourth-order valence-corrected chi connectivity index (χ4v) is 2.37. The molecule has 84 valence electrons. The second-order valence-corrected chi connectivity index (χ2v) is 4.79. The van der Waals surface area contributed by atoms with Gasteiger partial charge in [0, 0.05) is 19.3 Å². The number of hydrogen-bond acceptors (Lipinski definition) is 2. The summed E-state index contributed by atoms with van der Waals surface area (Å²) in [6.45, 7) is 4.36. The Balaban J connectivity index is 2.00. The first-order chi connectivity index (χ1) is 7.29. The average Bonchev–Trinajstić information content (AvgIpc) is 2.83. The summed E-state index contributed by atoms with van der Waals surface area (Å²) in [5.41, 5.74) is 1.91. The van der Waals surface area contributed by atoms with Crippen LogP contribution in [0.4, 0.5) is 0 Å². The van der Waals surface area contributed by atoms with Gasteiger partial charge in [-0.05, 0) is 31.7 Å². The zero-order chi connectivity index (χ0) is 10.7. The van der Waals surface area contributed by atoms with Gasteiger partial charge >= 0.3 is 0 Å². The van der Waals surface area contributed by atoms with Gasteiger partial charge in [-0.1, -0.05) is 13.3 Å². The number of aromatic nitrogens is 2. The Morgan fingerprint density at radius 2 is 2.33 bits per heavy atom. The van der Waals surface area contributed by atoms with Crippen molar-refractivity contribution in [3.8, 4) is 0 Å². The molecule has 1 fully saturated rings. The molecule has 3 nitrogen and oxygen atoms in total. The van der Waals surface area contributed by atoms with Gasteiger partial charge in [0.25, 0.3) is 0 Å². The van der Waals surface area contributed by atoms with E-state index in [4.69, 9.17) is 0 Å². The van der Waals surface area contributed by atoms with Crippen LogP contribution < -0.4 is 5.32 Å². The largest absolute Gasteiger partial charge is 0.333 e. The number of rotatable bonds is 6. The molecule has 1 aliphatic rings. The smallest absolute Gasteiger partial charge is 0.0948 e. The Kier molecular flexibility index (Phi) is 3.10. The van der Waals surface area contributed by atoms with Gasteiger partial charge in [-0.15, -0.1) is 0 Å². The monoisotopic (exact) mass is 207 g/mol. The van der Waals surface area contributed by atoms with Gasteiger partial charge in [0.1, 0.15) is 0 Å². The summed E-state index contributed by atoms with van der Waals surface area (Å²) in [5, 5.41) is 3.19. The normalized spacial score (nSPS) is 18.0. The lowest BCUT2D eigenvalue weighted by molar-refractivity contribution is 0.381. The quantitative estimate of drug-likeness (QED) is 0.775. The number of nitrogens with zero attached hydrogens (tertiary/aromatic N) is 2. The highest BCUT2D eigenvalue weighted by Gasteiger charge is 2.41. The van der Waals surface area contributed by atoms with E-state index in [1.54, 1.807) is 0 Å². The molecule has 3 heteroatoms. The molecule has 0 unspecified atom stereocenters. The van der Waals surface area contributed by atoms with Crippen molar-refractivity contribution in [1.29, 1.82) is 0 Å². The third kappa shape index (κ3) is 2.40. The van der Waals surface area contributed by atoms with E-state index in [-0.39, 0.29) is 0 Å². The Morgan fingerprint density at radius 1 is 1.53 bits per heavy atom. The molecule has 1 aromatic rings. The molecule has 0 saturated heterocycles. The van der Waals surface area contributed by atoms with Gasteiger partial charge in [0.15, 0.2) is 0 Å². The lowest BCUT2D eigenvalue weighted by Crippen LogP contribution is -2.16. The van der Waals surface area contributed by atoms with Crippen molar-refractivity contribution in [3.63, 3.8) is 0 Å². The highest BCUT2D eigenvalue weighted by molar-refractivity contribution is 5.02. The van der Waals surface area contributed by atoms with Crippen LogP contribution in [-0.2, 0) is 13.1 Å². The predicted octanol–water partition coefficient (Wildman–Crippen LogP) is 2.18. The molecular weight excluding hydrogens is 186 g/mol. The maximum atomic E-state index is 4.24. The minimum atomic E-state index is 0.609. The molecule has 15 heavy (non-hydrogen) atoms. The Hall–Kier alpha value is -0.830. The molecule has 1 heterocycles. The van der Waals surface area contributed by atoms with E-state index in [2.05, 4.69) is 21.8 Å². The summed E-state index contributed by atoms with van der Waals surface area (Å²) in [4.78, 5) is 4.24. The van der Waals surface area contributed by atoms with Crippen molar-refractivity contribution in [1.82, 2.24) is 14.9 Å². The summed E-state index contributed by atoms with van der Waals surface area (Å²) in [5.74, 6) is 0. The van der Waals surface area contributed by atoms with E-state index >= 15 is 0 Å². The second kappa shape index (κ2) is 4.35. The maximum absolute atomic E-state index is 4.24. The fraction of sp³-hybridized carbons (Fsp3) is 0.750. The molecular formula is C12H21N3. The molecule has 0 aromatic carbocycles. The molecule has 1 N–H and O–H groups in total. The van der Waals surface area contributed by atoms with Crippen LogP contribution in [0.1, 0.15) is 38.3 Å². The lowest BCUT2D eigenvalue weighted by Gasteiger charge is -2.16. The maximum Gasteiger partial charge on any atom is 0.0948 e. The van der Waals surface area contributed by atoms with Crippen LogP contribution >= 0.6 is 0 Å². The highest BCUT2D eigenvalue weighted by atomic mass is 15.1. The molecule has 0 aliphatic heterocycles. The van der Waals surface area contributed by atoms with Crippen LogP contribution in [0.5, 0.6) is 0 Å². The van der Waals surface area contributed by atoms with Crippen LogP contribution in [0.2, 0.25) is 0 Å². The summed E-state index contributed by atoms with van der Waals surface area (Å²) >= 11 is 0. The second-order valence-electron chi connectivity index (χ2n) is 4.79. The van der Waals surface area contributed by atoms with Crippen LogP contribution in [-0.4, -0.2) is 16.6 Å². The van der Waals surface area contributed by atoms with Gasteiger partial charge in [-0.2, -0.15) is 0 Å². The number of imidazole rings is 1. The first-order valence-corrected chi connectivity index (χ1v) is 5.93. The van der Waals surface area contributed by atoms with E-state index in [0.29, 0.717) is 5.41 Å². The highest BCUT2D eigenvalue weighted by Crippen LogP contribution is 2.51. The molecule has 1 aromatic heterocycles. The fourth-order valence-electron chi connectivity index (χ4n) is 2.37. The van der Waals surface area contributed by atoms with Gasteiger partial charge in [0.2, 0.25) is 0 Å². The lowest BCUT2D eigenvalue weighted by atomic mass is 10.0. The zero-order valence-electron chi connectivity index (χ0n) is 9.79. The zero-order valence-corrected chi connectivity index (χ0v) is 9.79. The van der Waals surface area contributed by atoms with E-state index in [9.17, 15) is 0 Å². The third-order valence-electron chi connectivity index (χ3n) is 3.40. The summed E-state index contributed by atoms with van der Waals surface area (Å²) in [6.07, 6.45) is 9.41. The molecule has 0 radical (unpaired) electrons. The van der Waals surface area contributed by atoms with Crippen molar-refractivity contribution >= 4 is 0 Å². The van der Waals surface area contributed by atoms with Crippen LogP contribution in [0, 0.1) is 5.41 Å². The topological polar surface area (TPSA) is 29.9 Å². The summed E-state index contributed by atoms with van der Waals surface area (Å²) in [6, 6.07) is 0. The minimum Gasteiger partial charge on any atom is -0.333 e. The SMILES string of the molecule is CCCC1(Cn2cncc2CNC)CC1. The van der Waals surface area contributed by atoms with Crippen LogP contribution in [0.15, 0.2) is 12.5 Å². The minimum absolute atomic E-state index is 0.609. The van der Waals surface area contributed by atoms with E-state index < -0.39 is 0 Å². The molecule has 2 rings (SSSR count). The van der Waals surface area contributed by atoms with Crippen molar-refractivity contribution in [2.24, 2.45) is 5.41 Å². The van der Waals surface area contributed by atoms with Gasteiger partial charge < -0.3 is 9.88 Å². The summed E-state index contributed by atoms with van der Waals surface area (Å²) in [7, 11) is 1.98. The Morgan fingerprint density at radius 3 is 2.93 bits per heavy atom. The molecule has 1 aliphatic carbocycles. The molecule has 0 bridgehead atoms. The van der Waals surface area contributed by atoms with Gasteiger partial charge in [-0.3, -0.25) is 0 Å². The number of nitrogens with one attached hydrogen (secondary N) is 1. The first kappa shape index (κ1) is 10.7. The molecule has 1 saturated carbocycles. The Labute approximate surface area is 91.9 Å². The van der Waals surface area contributed by atoms with E-state index in [0.717, 1.165) is 13.1 Å². The predicted molar refractivity (Wildman–Crippen MR) is 61.6 cm³/mol. The number of hydrogen-bond donors (Lipinski definition) is 1.